The number of ether oxygens (including phenoxy) is 1. The van der Waals surface area contributed by atoms with Gasteiger partial charge in [-0.15, -0.1) is 0 Å². The summed E-state index contributed by atoms with van der Waals surface area (Å²) in [6.45, 7) is 5.20. The van der Waals surface area contributed by atoms with Crippen molar-refractivity contribution in [3.05, 3.63) is 30.3 Å². The van der Waals surface area contributed by atoms with Crippen molar-refractivity contribution in [3.63, 3.8) is 0 Å². The standard InChI is InChI=1S/C17H26N2O2/c1-14(12-18-2)17(20)19-10-8-15(9-11-19)13-21-16-6-4-3-5-7-16/h3-7,14-15,18H,8-13H2,1-2H3. The van der Waals surface area contributed by atoms with Crippen molar-refractivity contribution in [1.29, 1.82) is 0 Å². The highest BCUT2D eigenvalue weighted by Gasteiger charge is 2.25. The average Bonchev–Trinajstić information content (AvgIpc) is 2.54. The van der Waals surface area contributed by atoms with Gasteiger partial charge in [-0.2, -0.15) is 0 Å². The number of likely N-dealkylation sites (tertiary alicyclic amines) is 1. The number of piperidine rings is 1. The molecule has 4 heteroatoms. The summed E-state index contributed by atoms with van der Waals surface area (Å²) in [6.07, 6.45) is 2.07. The Morgan fingerprint density at radius 3 is 2.62 bits per heavy atom. The molecule has 0 saturated carbocycles. The summed E-state index contributed by atoms with van der Waals surface area (Å²) in [5.74, 6) is 1.81. The number of carbonyl (C=O) groups is 1. The Labute approximate surface area is 127 Å². The predicted molar refractivity (Wildman–Crippen MR) is 84.3 cm³/mol. The van der Waals surface area contributed by atoms with E-state index in [1.807, 2.05) is 49.2 Å². The lowest BCUT2D eigenvalue weighted by Crippen LogP contribution is -2.43. The minimum absolute atomic E-state index is 0.0621. The molecule has 21 heavy (non-hydrogen) atoms. The quantitative estimate of drug-likeness (QED) is 0.873. The second-order valence-electron chi connectivity index (χ2n) is 5.85. The van der Waals surface area contributed by atoms with E-state index in [-0.39, 0.29) is 11.8 Å². The van der Waals surface area contributed by atoms with Crippen molar-refractivity contribution in [2.24, 2.45) is 11.8 Å². The zero-order valence-electron chi connectivity index (χ0n) is 13.0. The SMILES string of the molecule is CNCC(C)C(=O)N1CCC(COc2ccccc2)CC1. The third-order valence-corrected chi connectivity index (χ3v) is 4.09. The Hall–Kier alpha value is -1.55. The van der Waals surface area contributed by atoms with Gasteiger partial charge in [0.1, 0.15) is 5.75 Å². The second-order valence-corrected chi connectivity index (χ2v) is 5.85. The van der Waals surface area contributed by atoms with Gasteiger partial charge in [-0.05, 0) is 37.9 Å². The largest absolute Gasteiger partial charge is 0.493 e. The first kappa shape index (κ1) is 15.8. The third-order valence-electron chi connectivity index (χ3n) is 4.09. The van der Waals surface area contributed by atoms with Gasteiger partial charge in [0.15, 0.2) is 0 Å². The van der Waals surface area contributed by atoms with Crippen molar-refractivity contribution in [2.45, 2.75) is 19.8 Å². The monoisotopic (exact) mass is 290 g/mol. The van der Waals surface area contributed by atoms with Crippen LogP contribution in [-0.2, 0) is 4.79 Å². The Morgan fingerprint density at radius 2 is 2.00 bits per heavy atom. The van der Waals surface area contributed by atoms with Gasteiger partial charge in [-0.1, -0.05) is 25.1 Å². The summed E-state index contributed by atoms with van der Waals surface area (Å²) in [5, 5.41) is 3.07. The zero-order chi connectivity index (χ0) is 15.1. The molecule has 2 rings (SSSR count). The van der Waals surface area contributed by atoms with Crippen LogP contribution in [0.25, 0.3) is 0 Å². The summed E-state index contributed by atoms with van der Waals surface area (Å²) >= 11 is 0. The summed E-state index contributed by atoms with van der Waals surface area (Å²) < 4.78 is 5.81. The molecular weight excluding hydrogens is 264 g/mol. The maximum absolute atomic E-state index is 12.2. The topological polar surface area (TPSA) is 41.6 Å². The zero-order valence-corrected chi connectivity index (χ0v) is 13.0. The first-order chi connectivity index (χ1) is 10.2. The highest BCUT2D eigenvalue weighted by Crippen LogP contribution is 2.20. The predicted octanol–water partition coefficient (Wildman–Crippen LogP) is 2.16. The molecule has 4 nitrogen and oxygen atoms in total. The number of nitrogens with one attached hydrogen (secondary N) is 1. The fourth-order valence-electron chi connectivity index (χ4n) is 2.76. The molecule has 1 fully saturated rings. The summed E-state index contributed by atoms with van der Waals surface area (Å²) in [6, 6.07) is 9.93. The first-order valence-electron chi connectivity index (χ1n) is 7.82. The van der Waals surface area contributed by atoms with E-state index < -0.39 is 0 Å². The van der Waals surface area contributed by atoms with Gasteiger partial charge in [-0.3, -0.25) is 4.79 Å². The van der Waals surface area contributed by atoms with Crippen LogP contribution >= 0.6 is 0 Å². The van der Waals surface area contributed by atoms with Crippen molar-refractivity contribution >= 4 is 5.91 Å². The summed E-state index contributed by atoms with van der Waals surface area (Å²) in [5.41, 5.74) is 0. The number of hydrogen-bond donors (Lipinski definition) is 1. The van der Waals surface area contributed by atoms with Crippen LogP contribution in [0.4, 0.5) is 0 Å². The Balaban J connectivity index is 1.72. The van der Waals surface area contributed by atoms with Gasteiger partial charge in [0.05, 0.1) is 6.61 Å². The van der Waals surface area contributed by atoms with E-state index in [0.717, 1.165) is 44.8 Å². The number of benzene rings is 1. The molecule has 1 aliphatic heterocycles. The average molecular weight is 290 g/mol. The minimum atomic E-state index is 0.0621. The lowest BCUT2D eigenvalue weighted by molar-refractivity contribution is -0.136. The van der Waals surface area contributed by atoms with Gasteiger partial charge >= 0.3 is 0 Å². The van der Waals surface area contributed by atoms with Crippen LogP contribution in [-0.4, -0.2) is 44.1 Å². The molecule has 1 N–H and O–H groups in total. The number of para-hydroxylation sites is 1. The van der Waals surface area contributed by atoms with Gasteiger partial charge in [0.2, 0.25) is 5.91 Å². The molecule has 0 radical (unpaired) electrons. The van der Waals surface area contributed by atoms with E-state index in [2.05, 4.69) is 5.32 Å². The summed E-state index contributed by atoms with van der Waals surface area (Å²) in [7, 11) is 1.89. The van der Waals surface area contributed by atoms with Crippen LogP contribution in [0.5, 0.6) is 5.75 Å². The Morgan fingerprint density at radius 1 is 1.33 bits per heavy atom. The molecule has 1 unspecified atom stereocenters. The lowest BCUT2D eigenvalue weighted by Gasteiger charge is -2.33. The molecule has 116 valence electrons. The number of nitrogens with zero attached hydrogens (tertiary/aromatic N) is 1. The molecule has 1 heterocycles. The first-order valence-corrected chi connectivity index (χ1v) is 7.82. The van der Waals surface area contributed by atoms with E-state index in [0.29, 0.717) is 5.92 Å². The molecule has 1 aromatic carbocycles. The van der Waals surface area contributed by atoms with Crippen LogP contribution in [0, 0.1) is 11.8 Å². The molecule has 1 atom stereocenters. The van der Waals surface area contributed by atoms with Crippen molar-refractivity contribution in [2.75, 3.05) is 33.3 Å². The van der Waals surface area contributed by atoms with Crippen molar-refractivity contribution < 1.29 is 9.53 Å². The Kier molecular flexibility index (Phi) is 6.05. The second kappa shape index (κ2) is 8.03. The molecule has 1 saturated heterocycles. The van der Waals surface area contributed by atoms with Crippen LogP contribution in [0.3, 0.4) is 0 Å². The van der Waals surface area contributed by atoms with Crippen molar-refractivity contribution in [1.82, 2.24) is 10.2 Å². The summed E-state index contributed by atoms with van der Waals surface area (Å²) in [4.78, 5) is 14.2. The van der Waals surface area contributed by atoms with Gasteiger partial charge < -0.3 is 15.0 Å². The third kappa shape index (κ3) is 4.74. The van der Waals surface area contributed by atoms with Gasteiger partial charge in [0.25, 0.3) is 0 Å². The fraction of sp³-hybridized carbons (Fsp3) is 0.588. The van der Waals surface area contributed by atoms with Gasteiger partial charge in [-0.25, -0.2) is 0 Å². The number of hydrogen-bond acceptors (Lipinski definition) is 3. The highest BCUT2D eigenvalue weighted by atomic mass is 16.5. The molecule has 0 aromatic heterocycles. The number of amides is 1. The molecular formula is C17H26N2O2. The molecule has 0 aliphatic carbocycles. The fourth-order valence-corrected chi connectivity index (χ4v) is 2.76. The molecule has 1 aromatic rings. The van der Waals surface area contributed by atoms with E-state index in [1.54, 1.807) is 0 Å². The van der Waals surface area contributed by atoms with Crippen molar-refractivity contribution in [3.8, 4) is 5.75 Å². The van der Waals surface area contributed by atoms with Crippen LogP contribution in [0.2, 0.25) is 0 Å². The molecule has 1 amide bonds. The normalized spacial score (nSPS) is 17.5. The van der Waals surface area contributed by atoms with E-state index in [1.165, 1.54) is 0 Å². The van der Waals surface area contributed by atoms with E-state index in [9.17, 15) is 4.79 Å². The lowest BCUT2D eigenvalue weighted by atomic mass is 9.96. The van der Waals surface area contributed by atoms with E-state index in [4.69, 9.17) is 4.74 Å². The van der Waals surface area contributed by atoms with Crippen LogP contribution in [0.15, 0.2) is 30.3 Å². The van der Waals surface area contributed by atoms with E-state index >= 15 is 0 Å². The molecule has 1 aliphatic rings. The highest BCUT2D eigenvalue weighted by molar-refractivity contribution is 5.78. The maximum Gasteiger partial charge on any atom is 0.226 e. The molecule has 0 spiro atoms. The number of rotatable bonds is 6. The smallest absolute Gasteiger partial charge is 0.226 e. The molecule has 0 bridgehead atoms. The maximum atomic E-state index is 12.2. The minimum Gasteiger partial charge on any atom is -0.493 e. The Bertz CT molecular complexity index is 428. The van der Waals surface area contributed by atoms with Crippen LogP contribution < -0.4 is 10.1 Å². The van der Waals surface area contributed by atoms with Gasteiger partial charge in [0, 0.05) is 25.6 Å². The number of carbonyl (C=O) groups excluding carboxylic acids is 1. The van der Waals surface area contributed by atoms with Crippen LogP contribution in [0.1, 0.15) is 19.8 Å².